The third kappa shape index (κ3) is 2.29. The summed E-state index contributed by atoms with van der Waals surface area (Å²) in [5.41, 5.74) is 0.593. The Labute approximate surface area is 88.1 Å². The van der Waals surface area contributed by atoms with Crippen LogP contribution in [0.1, 0.15) is 46.0 Å². The highest BCUT2D eigenvalue weighted by Crippen LogP contribution is 2.41. The normalized spacial score (nSPS) is 33.4. The second kappa shape index (κ2) is 4.19. The molecular formula is C12H24N2. The first-order chi connectivity index (χ1) is 6.74. The lowest BCUT2D eigenvalue weighted by Crippen LogP contribution is -2.44. The van der Waals surface area contributed by atoms with Crippen molar-refractivity contribution >= 4 is 0 Å². The molecule has 1 saturated heterocycles. The van der Waals surface area contributed by atoms with Crippen molar-refractivity contribution in [3.05, 3.63) is 0 Å². The molecule has 0 amide bonds. The van der Waals surface area contributed by atoms with Gasteiger partial charge in [-0.25, -0.2) is 0 Å². The van der Waals surface area contributed by atoms with E-state index in [1.807, 2.05) is 0 Å². The van der Waals surface area contributed by atoms with Crippen LogP contribution in [0.4, 0.5) is 0 Å². The van der Waals surface area contributed by atoms with Crippen LogP contribution >= 0.6 is 0 Å². The molecule has 0 bridgehead atoms. The van der Waals surface area contributed by atoms with Crippen LogP contribution < -0.4 is 5.32 Å². The Morgan fingerprint density at radius 3 is 2.79 bits per heavy atom. The van der Waals surface area contributed by atoms with Gasteiger partial charge in [-0.05, 0) is 52.1 Å². The number of rotatable bonds is 2. The van der Waals surface area contributed by atoms with E-state index in [0.717, 1.165) is 6.04 Å². The first kappa shape index (κ1) is 10.4. The van der Waals surface area contributed by atoms with E-state index in [1.165, 1.54) is 51.7 Å². The maximum atomic E-state index is 3.64. The van der Waals surface area contributed by atoms with Gasteiger partial charge < -0.3 is 5.32 Å². The highest BCUT2D eigenvalue weighted by atomic mass is 15.2. The molecule has 2 rings (SSSR count). The topological polar surface area (TPSA) is 15.3 Å². The minimum atomic E-state index is 0.593. The molecule has 2 nitrogen and oxygen atoms in total. The van der Waals surface area contributed by atoms with E-state index >= 15 is 0 Å². The highest BCUT2D eigenvalue weighted by molar-refractivity contribution is 5.00. The van der Waals surface area contributed by atoms with Gasteiger partial charge in [-0.2, -0.15) is 0 Å². The van der Waals surface area contributed by atoms with Crippen LogP contribution in [0.25, 0.3) is 0 Å². The molecule has 2 heteroatoms. The predicted octanol–water partition coefficient (Wildman–Crippen LogP) is 2.00. The van der Waals surface area contributed by atoms with Crippen molar-refractivity contribution in [3.63, 3.8) is 0 Å². The summed E-state index contributed by atoms with van der Waals surface area (Å²) in [5, 5.41) is 3.64. The van der Waals surface area contributed by atoms with Crippen LogP contribution in [0.2, 0.25) is 0 Å². The van der Waals surface area contributed by atoms with Crippen LogP contribution in [0.3, 0.4) is 0 Å². The summed E-state index contributed by atoms with van der Waals surface area (Å²) in [7, 11) is 0. The van der Waals surface area contributed by atoms with Crippen molar-refractivity contribution < 1.29 is 0 Å². The van der Waals surface area contributed by atoms with Crippen LogP contribution in [0.15, 0.2) is 0 Å². The lowest BCUT2D eigenvalue weighted by Gasteiger charge is -2.33. The van der Waals surface area contributed by atoms with E-state index in [-0.39, 0.29) is 0 Å². The summed E-state index contributed by atoms with van der Waals surface area (Å²) in [4.78, 5) is 2.73. The van der Waals surface area contributed by atoms with Gasteiger partial charge in [0.05, 0.1) is 0 Å². The second-order valence-electron chi connectivity index (χ2n) is 5.19. The van der Waals surface area contributed by atoms with Crippen LogP contribution in [0.5, 0.6) is 0 Å². The smallest absolute Gasteiger partial charge is 0.0182 e. The van der Waals surface area contributed by atoms with Crippen molar-refractivity contribution in [3.8, 4) is 0 Å². The lowest BCUT2D eigenvalue weighted by molar-refractivity contribution is 0.165. The SMILES string of the molecule is CCC1CCN(C2(C)CC2)CCCN1. The Balaban J connectivity index is 1.86. The van der Waals surface area contributed by atoms with Crippen molar-refractivity contribution in [2.24, 2.45) is 0 Å². The first-order valence-corrected chi connectivity index (χ1v) is 6.23. The summed E-state index contributed by atoms with van der Waals surface area (Å²) >= 11 is 0. The summed E-state index contributed by atoms with van der Waals surface area (Å²) in [6.07, 6.45) is 6.80. The largest absolute Gasteiger partial charge is 0.314 e. The minimum Gasteiger partial charge on any atom is -0.314 e. The molecule has 1 unspecified atom stereocenters. The molecular weight excluding hydrogens is 172 g/mol. The molecule has 1 aliphatic heterocycles. The molecule has 14 heavy (non-hydrogen) atoms. The maximum Gasteiger partial charge on any atom is 0.0182 e. The minimum absolute atomic E-state index is 0.593. The molecule has 1 N–H and O–H groups in total. The molecule has 2 aliphatic rings. The monoisotopic (exact) mass is 196 g/mol. The standard InChI is InChI=1S/C12H24N2/c1-3-11-5-10-14(9-4-8-13-11)12(2)6-7-12/h11,13H,3-10H2,1-2H3. The zero-order chi connectivity index (χ0) is 10.0. The summed E-state index contributed by atoms with van der Waals surface area (Å²) in [6.45, 7) is 8.55. The molecule has 1 atom stereocenters. The van der Waals surface area contributed by atoms with E-state index < -0.39 is 0 Å². The average Bonchev–Trinajstić information content (AvgIpc) is 2.84. The van der Waals surface area contributed by atoms with Gasteiger partial charge in [0.15, 0.2) is 0 Å². The molecule has 1 saturated carbocycles. The van der Waals surface area contributed by atoms with E-state index in [9.17, 15) is 0 Å². The van der Waals surface area contributed by atoms with Crippen LogP contribution in [-0.4, -0.2) is 36.1 Å². The third-order valence-corrected chi connectivity index (χ3v) is 4.02. The van der Waals surface area contributed by atoms with E-state index in [1.54, 1.807) is 0 Å². The van der Waals surface area contributed by atoms with E-state index in [2.05, 4.69) is 24.1 Å². The molecule has 0 aromatic heterocycles. The van der Waals surface area contributed by atoms with Crippen LogP contribution in [-0.2, 0) is 0 Å². The number of hydrogen-bond acceptors (Lipinski definition) is 2. The molecule has 0 aromatic rings. The maximum absolute atomic E-state index is 3.64. The number of nitrogens with one attached hydrogen (secondary N) is 1. The number of hydrogen-bond donors (Lipinski definition) is 1. The van der Waals surface area contributed by atoms with Gasteiger partial charge in [-0.1, -0.05) is 6.92 Å². The van der Waals surface area contributed by atoms with Crippen molar-refractivity contribution in [2.75, 3.05) is 19.6 Å². The van der Waals surface area contributed by atoms with Gasteiger partial charge in [0, 0.05) is 18.1 Å². The van der Waals surface area contributed by atoms with Crippen molar-refractivity contribution in [2.45, 2.75) is 57.5 Å². The van der Waals surface area contributed by atoms with E-state index in [0.29, 0.717) is 5.54 Å². The number of nitrogens with zero attached hydrogens (tertiary/aromatic N) is 1. The molecule has 0 aromatic carbocycles. The average molecular weight is 196 g/mol. The fourth-order valence-electron chi connectivity index (χ4n) is 2.49. The second-order valence-corrected chi connectivity index (χ2v) is 5.19. The fraction of sp³-hybridized carbons (Fsp3) is 1.00. The first-order valence-electron chi connectivity index (χ1n) is 6.23. The molecule has 0 radical (unpaired) electrons. The molecule has 1 heterocycles. The zero-order valence-electron chi connectivity index (χ0n) is 9.68. The fourth-order valence-corrected chi connectivity index (χ4v) is 2.49. The Bertz CT molecular complexity index is 187. The van der Waals surface area contributed by atoms with Crippen molar-refractivity contribution in [1.29, 1.82) is 0 Å². The highest BCUT2D eigenvalue weighted by Gasteiger charge is 2.42. The Hall–Kier alpha value is -0.0800. The lowest BCUT2D eigenvalue weighted by atomic mass is 10.1. The van der Waals surface area contributed by atoms with Crippen molar-refractivity contribution in [1.82, 2.24) is 10.2 Å². The summed E-state index contributed by atoms with van der Waals surface area (Å²) in [6, 6.07) is 0.764. The Morgan fingerprint density at radius 2 is 2.14 bits per heavy atom. The van der Waals surface area contributed by atoms with Gasteiger partial charge >= 0.3 is 0 Å². The van der Waals surface area contributed by atoms with Gasteiger partial charge in [-0.15, -0.1) is 0 Å². The van der Waals surface area contributed by atoms with Gasteiger partial charge in [0.1, 0.15) is 0 Å². The summed E-state index contributed by atoms with van der Waals surface area (Å²) in [5.74, 6) is 0. The molecule has 0 spiro atoms. The molecule has 1 aliphatic carbocycles. The van der Waals surface area contributed by atoms with Gasteiger partial charge in [0.2, 0.25) is 0 Å². The third-order valence-electron chi connectivity index (χ3n) is 4.02. The Morgan fingerprint density at radius 1 is 1.36 bits per heavy atom. The predicted molar refractivity (Wildman–Crippen MR) is 60.5 cm³/mol. The quantitative estimate of drug-likeness (QED) is 0.727. The van der Waals surface area contributed by atoms with E-state index in [4.69, 9.17) is 0 Å². The van der Waals surface area contributed by atoms with Gasteiger partial charge in [-0.3, -0.25) is 4.90 Å². The van der Waals surface area contributed by atoms with Gasteiger partial charge in [0.25, 0.3) is 0 Å². The molecule has 2 fully saturated rings. The Kier molecular flexibility index (Phi) is 3.13. The molecule has 82 valence electrons. The van der Waals surface area contributed by atoms with Crippen LogP contribution in [0, 0.1) is 0 Å². The zero-order valence-corrected chi connectivity index (χ0v) is 9.68. The summed E-state index contributed by atoms with van der Waals surface area (Å²) < 4.78 is 0.